The first-order valence-electron chi connectivity index (χ1n) is 2.85. The largest absolute Gasteiger partial charge is 0.380 e. The van der Waals surface area contributed by atoms with Gasteiger partial charge in [-0.1, -0.05) is 0 Å². The highest BCUT2D eigenvalue weighted by Crippen LogP contribution is 2.08. The lowest BCUT2D eigenvalue weighted by atomic mass is 10.2. The molecule has 1 aliphatic rings. The van der Waals surface area contributed by atoms with Crippen LogP contribution in [0.2, 0.25) is 0 Å². The fraction of sp³-hybridized carbons (Fsp3) is 0.750. The Morgan fingerprint density at radius 2 is 2.18 bits per heavy atom. The van der Waals surface area contributed by atoms with Crippen LogP contribution in [0.15, 0.2) is 0 Å². The highest BCUT2D eigenvalue weighted by atomic mass is 32.2. The first-order chi connectivity index (χ1) is 4.92. The van der Waals surface area contributed by atoms with Gasteiger partial charge in [0, 0.05) is 0 Å². The molecule has 1 fully saturated rings. The number of aliphatic hydroxyl groups is 1. The Kier molecular flexibility index (Phi) is 1.87. The van der Waals surface area contributed by atoms with E-state index in [0.29, 0.717) is 0 Å². The average molecular weight is 181 g/mol. The number of hydrogen-bond donors (Lipinski definition) is 2. The summed E-state index contributed by atoms with van der Waals surface area (Å²) in [7, 11) is -3.97. The van der Waals surface area contributed by atoms with E-state index in [2.05, 4.69) is 4.18 Å². The van der Waals surface area contributed by atoms with E-state index in [-0.39, 0.29) is 0 Å². The predicted octanol–water partition coefficient (Wildman–Crippen LogP) is -1.87. The van der Waals surface area contributed by atoms with Gasteiger partial charge in [0.15, 0.2) is 6.10 Å². The fourth-order valence-electron chi connectivity index (χ4n) is 0.673. The van der Waals surface area contributed by atoms with Gasteiger partial charge in [0.2, 0.25) is 0 Å². The molecule has 0 aliphatic carbocycles. The van der Waals surface area contributed by atoms with Crippen molar-refractivity contribution in [2.45, 2.75) is 19.1 Å². The highest BCUT2D eigenvalue weighted by molar-refractivity contribution is 7.85. The molecule has 2 atom stereocenters. The summed E-state index contributed by atoms with van der Waals surface area (Å²) in [6.07, 6.45) is -2.44. The van der Waals surface area contributed by atoms with Crippen molar-refractivity contribution >= 4 is 16.2 Å². The fourth-order valence-corrected chi connectivity index (χ4v) is 1.59. The number of hydrogen-bond acceptors (Lipinski definition) is 5. The molecule has 0 aromatic carbocycles. The van der Waals surface area contributed by atoms with Crippen LogP contribution < -0.4 is 4.72 Å². The molecule has 0 spiro atoms. The molecule has 7 heteroatoms. The number of aliphatic hydroxyl groups excluding tert-OH is 1. The van der Waals surface area contributed by atoms with Crippen molar-refractivity contribution in [3.05, 3.63) is 0 Å². The lowest BCUT2D eigenvalue weighted by Crippen LogP contribution is -2.52. The van der Waals surface area contributed by atoms with Crippen molar-refractivity contribution in [3.8, 4) is 0 Å². The Bertz CT molecular complexity index is 270. The van der Waals surface area contributed by atoms with E-state index in [1.54, 1.807) is 0 Å². The van der Waals surface area contributed by atoms with E-state index in [1.807, 2.05) is 0 Å². The van der Waals surface area contributed by atoms with Crippen LogP contribution in [0.1, 0.15) is 6.92 Å². The van der Waals surface area contributed by atoms with Crippen molar-refractivity contribution in [3.63, 3.8) is 0 Å². The van der Waals surface area contributed by atoms with E-state index in [0.717, 1.165) is 0 Å². The summed E-state index contributed by atoms with van der Waals surface area (Å²) < 4.78 is 26.8. The normalized spacial score (nSPS) is 36.4. The number of carbonyl (C=O) groups excluding carboxylic acids is 1. The molecule has 1 amide bonds. The smallest absolute Gasteiger partial charge is 0.362 e. The second-order valence-corrected chi connectivity index (χ2v) is 3.47. The Morgan fingerprint density at radius 3 is 2.64 bits per heavy atom. The number of amides is 1. The number of carbonyl (C=O) groups is 1. The molecule has 0 aromatic heterocycles. The van der Waals surface area contributed by atoms with Crippen molar-refractivity contribution < 1.29 is 22.5 Å². The third-order valence-corrected chi connectivity index (χ3v) is 2.23. The zero-order chi connectivity index (χ0) is 8.65. The summed E-state index contributed by atoms with van der Waals surface area (Å²) in [5.74, 6) is -0.955. The molecule has 0 bridgehead atoms. The van der Waals surface area contributed by atoms with Crippen molar-refractivity contribution in [1.82, 2.24) is 4.72 Å². The van der Waals surface area contributed by atoms with E-state index in [1.165, 1.54) is 11.6 Å². The molecule has 0 radical (unpaired) electrons. The van der Waals surface area contributed by atoms with Gasteiger partial charge in [0.1, 0.15) is 6.10 Å². The Labute approximate surface area is 63.4 Å². The summed E-state index contributed by atoms with van der Waals surface area (Å²) in [4.78, 5) is 10.6. The molecule has 6 nitrogen and oxygen atoms in total. The van der Waals surface area contributed by atoms with Crippen LogP contribution in [0, 0.1) is 0 Å². The van der Waals surface area contributed by atoms with Gasteiger partial charge in [-0.3, -0.25) is 4.79 Å². The van der Waals surface area contributed by atoms with Crippen molar-refractivity contribution in [1.29, 1.82) is 0 Å². The van der Waals surface area contributed by atoms with Gasteiger partial charge in [-0.15, -0.1) is 0 Å². The van der Waals surface area contributed by atoms with Crippen LogP contribution in [-0.2, 0) is 19.3 Å². The molecular weight excluding hydrogens is 174 g/mol. The SMILES string of the molecule is CC1OS(=O)(=O)NC(=O)C1O. The van der Waals surface area contributed by atoms with E-state index in [9.17, 15) is 13.2 Å². The monoisotopic (exact) mass is 181 g/mol. The molecule has 0 saturated carbocycles. The molecule has 1 aliphatic heterocycles. The van der Waals surface area contributed by atoms with Crippen LogP contribution >= 0.6 is 0 Å². The Morgan fingerprint density at radius 1 is 1.64 bits per heavy atom. The van der Waals surface area contributed by atoms with Crippen LogP contribution in [0.5, 0.6) is 0 Å². The Hall–Kier alpha value is -0.660. The van der Waals surface area contributed by atoms with E-state index < -0.39 is 28.4 Å². The summed E-state index contributed by atoms with van der Waals surface area (Å²) in [6, 6.07) is 0. The highest BCUT2D eigenvalue weighted by Gasteiger charge is 2.35. The maximum atomic E-state index is 10.6. The van der Waals surface area contributed by atoms with E-state index in [4.69, 9.17) is 5.11 Å². The van der Waals surface area contributed by atoms with Crippen LogP contribution in [0.25, 0.3) is 0 Å². The third kappa shape index (κ3) is 1.67. The second kappa shape index (κ2) is 2.43. The molecule has 1 rings (SSSR count). The quantitative estimate of drug-likeness (QED) is 0.456. The molecule has 1 saturated heterocycles. The first kappa shape index (κ1) is 8.44. The minimum Gasteiger partial charge on any atom is -0.380 e. The lowest BCUT2D eigenvalue weighted by molar-refractivity contribution is -0.134. The van der Waals surface area contributed by atoms with Gasteiger partial charge in [-0.05, 0) is 6.92 Å². The van der Waals surface area contributed by atoms with Crippen LogP contribution in [-0.4, -0.2) is 31.6 Å². The summed E-state index contributed by atoms with van der Waals surface area (Å²) in [6.45, 7) is 1.29. The van der Waals surface area contributed by atoms with Gasteiger partial charge in [-0.25, -0.2) is 8.91 Å². The van der Waals surface area contributed by atoms with Gasteiger partial charge >= 0.3 is 10.3 Å². The zero-order valence-corrected chi connectivity index (χ0v) is 6.46. The molecular formula is C4H7NO5S. The van der Waals surface area contributed by atoms with Crippen LogP contribution in [0.3, 0.4) is 0 Å². The van der Waals surface area contributed by atoms with Gasteiger partial charge in [0.25, 0.3) is 5.91 Å². The van der Waals surface area contributed by atoms with Gasteiger partial charge < -0.3 is 5.11 Å². The third-order valence-electron chi connectivity index (χ3n) is 1.22. The maximum Gasteiger partial charge on any atom is 0.362 e. The van der Waals surface area contributed by atoms with Crippen LogP contribution in [0.4, 0.5) is 0 Å². The topological polar surface area (TPSA) is 92.7 Å². The van der Waals surface area contributed by atoms with Crippen molar-refractivity contribution in [2.75, 3.05) is 0 Å². The molecule has 11 heavy (non-hydrogen) atoms. The zero-order valence-electron chi connectivity index (χ0n) is 5.64. The summed E-state index contributed by atoms with van der Waals surface area (Å²) in [5, 5.41) is 8.88. The van der Waals surface area contributed by atoms with Crippen molar-refractivity contribution in [2.24, 2.45) is 0 Å². The number of rotatable bonds is 0. The first-order valence-corrected chi connectivity index (χ1v) is 4.26. The van der Waals surface area contributed by atoms with Gasteiger partial charge in [-0.2, -0.15) is 8.42 Å². The number of nitrogens with one attached hydrogen (secondary N) is 1. The second-order valence-electron chi connectivity index (χ2n) is 2.17. The molecule has 64 valence electrons. The molecule has 2 N–H and O–H groups in total. The maximum absolute atomic E-state index is 10.6. The minimum atomic E-state index is -3.97. The molecule has 2 unspecified atom stereocenters. The average Bonchev–Trinajstić information content (AvgIpc) is 1.81. The van der Waals surface area contributed by atoms with Gasteiger partial charge in [0.05, 0.1) is 0 Å². The minimum absolute atomic E-state index is 0.955. The Balaban J connectivity index is 2.87. The predicted molar refractivity (Wildman–Crippen MR) is 33.6 cm³/mol. The summed E-state index contributed by atoms with van der Waals surface area (Å²) >= 11 is 0. The molecule has 0 aromatic rings. The van der Waals surface area contributed by atoms with E-state index >= 15 is 0 Å². The summed E-state index contributed by atoms with van der Waals surface area (Å²) in [5.41, 5.74) is 0. The standard InChI is InChI=1S/C4H7NO5S/c1-2-3(6)4(7)5-11(8,9)10-2/h2-3,6H,1H3,(H,5,7). The molecule has 1 heterocycles. The lowest BCUT2D eigenvalue weighted by Gasteiger charge is -2.23.